The van der Waals surface area contributed by atoms with Gasteiger partial charge in [0.05, 0.1) is 0 Å². The standard InChI is InChI=1S/C27H34Cl4N2P/c1-15(2)19-11-9-12-20(16(3)4)23(19)32-25(28)26(29)33(27(32)34(30)31)24-21(17(5)6)13-10-14-22(24)18(7)8/h9-18H,1-8H3/q+1. The van der Waals surface area contributed by atoms with Gasteiger partial charge in [-0.2, -0.15) is 9.13 Å². The second-order valence-corrected chi connectivity index (χ2v) is 14.1. The third kappa shape index (κ3) is 5.05. The lowest BCUT2D eigenvalue weighted by molar-refractivity contribution is -0.573. The fraction of sp³-hybridized carbons (Fsp3) is 0.444. The van der Waals surface area contributed by atoms with Crippen molar-refractivity contribution in [3.63, 3.8) is 0 Å². The van der Waals surface area contributed by atoms with Crippen molar-refractivity contribution in [2.24, 2.45) is 0 Å². The van der Waals surface area contributed by atoms with Crippen LogP contribution in [0.15, 0.2) is 36.4 Å². The Kier molecular flexibility index (Phi) is 9.08. The summed E-state index contributed by atoms with van der Waals surface area (Å²) in [6, 6.07) is 12.8. The van der Waals surface area contributed by atoms with E-state index < -0.39 is 6.63 Å². The third-order valence-electron chi connectivity index (χ3n) is 6.25. The molecule has 2 aromatic carbocycles. The number of halogens is 4. The van der Waals surface area contributed by atoms with Gasteiger partial charge in [0, 0.05) is 22.3 Å². The number of hydrogen-bond acceptors (Lipinski definition) is 0. The summed E-state index contributed by atoms with van der Waals surface area (Å²) in [5.74, 6) is 1.10. The second-order valence-electron chi connectivity index (χ2n) is 9.97. The number of benzene rings is 2. The monoisotopic (exact) mass is 557 g/mol. The molecule has 0 bridgehead atoms. The highest BCUT2D eigenvalue weighted by atomic mass is 35.9. The predicted molar refractivity (Wildman–Crippen MR) is 152 cm³/mol. The Morgan fingerprint density at radius 2 is 1.06 bits per heavy atom. The quantitative estimate of drug-likeness (QED) is 0.201. The van der Waals surface area contributed by atoms with E-state index in [-0.39, 0.29) is 23.7 Å². The summed E-state index contributed by atoms with van der Waals surface area (Å²) >= 11 is 27.7. The summed E-state index contributed by atoms with van der Waals surface area (Å²) in [5.41, 5.74) is 7.47. The van der Waals surface area contributed by atoms with Crippen molar-refractivity contribution in [3.05, 3.63) is 69.0 Å². The van der Waals surface area contributed by atoms with E-state index in [1.807, 2.05) is 9.13 Å². The van der Waals surface area contributed by atoms with Crippen molar-refractivity contribution in [2.75, 3.05) is 0 Å². The van der Waals surface area contributed by atoms with Gasteiger partial charge < -0.3 is 0 Å². The average Bonchev–Trinajstić information content (AvgIpc) is 3.02. The molecule has 2 nitrogen and oxygen atoms in total. The van der Waals surface area contributed by atoms with Gasteiger partial charge in [0.1, 0.15) is 11.4 Å². The highest BCUT2D eigenvalue weighted by molar-refractivity contribution is 8.08. The van der Waals surface area contributed by atoms with E-state index in [0.717, 1.165) is 11.4 Å². The molecule has 184 valence electrons. The van der Waals surface area contributed by atoms with Gasteiger partial charge in [-0.3, -0.25) is 0 Å². The van der Waals surface area contributed by atoms with Gasteiger partial charge >= 0.3 is 5.57 Å². The molecule has 34 heavy (non-hydrogen) atoms. The zero-order chi connectivity index (χ0) is 25.5. The average molecular weight is 559 g/mol. The van der Waals surface area contributed by atoms with Crippen LogP contribution in [-0.4, -0.2) is 4.57 Å². The topological polar surface area (TPSA) is 8.81 Å². The van der Waals surface area contributed by atoms with Gasteiger partial charge in [-0.25, -0.2) is 0 Å². The highest BCUT2D eigenvalue weighted by Crippen LogP contribution is 2.48. The molecule has 0 unspecified atom stereocenters. The Morgan fingerprint density at radius 1 is 0.676 bits per heavy atom. The Hall–Kier alpha value is -0.760. The molecule has 3 rings (SSSR count). The van der Waals surface area contributed by atoms with E-state index in [1.54, 1.807) is 0 Å². The summed E-state index contributed by atoms with van der Waals surface area (Å²) in [4.78, 5) is 0. The summed E-state index contributed by atoms with van der Waals surface area (Å²) < 4.78 is 4.00. The van der Waals surface area contributed by atoms with Gasteiger partial charge in [-0.05, 0) is 46.9 Å². The molecule has 0 spiro atoms. The summed E-state index contributed by atoms with van der Waals surface area (Å²) in [7, 11) is 0. The first-order valence-corrected chi connectivity index (χ1v) is 15.7. The third-order valence-corrected chi connectivity index (χ3v) is 8.65. The number of imidazole rings is 1. The van der Waals surface area contributed by atoms with Crippen molar-refractivity contribution >= 4 is 57.9 Å². The summed E-state index contributed by atoms with van der Waals surface area (Å²) in [5, 5.41) is 0.850. The molecule has 3 aromatic rings. The molecular weight excluding hydrogens is 525 g/mol. The lowest BCUT2D eigenvalue weighted by Gasteiger charge is -2.20. The molecule has 1 heterocycles. The van der Waals surface area contributed by atoms with Gasteiger partial charge in [0.2, 0.25) is 6.63 Å². The van der Waals surface area contributed by atoms with Crippen LogP contribution in [-0.2, 0) is 0 Å². The molecule has 0 saturated carbocycles. The van der Waals surface area contributed by atoms with Crippen LogP contribution in [0, 0.1) is 0 Å². The molecule has 0 aliphatic heterocycles. The normalized spacial score (nSPS) is 12.3. The zero-order valence-electron chi connectivity index (χ0n) is 21.1. The van der Waals surface area contributed by atoms with E-state index in [1.165, 1.54) is 22.3 Å². The number of nitrogens with zero attached hydrogens (tertiary/aromatic N) is 2. The first kappa shape index (κ1) is 27.8. The van der Waals surface area contributed by atoms with Crippen LogP contribution in [0.1, 0.15) is 101 Å². The molecule has 0 fully saturated rings. The minimum Gasteiger partial charge on any atom is -0.175 e. The van der Waals surface area contributed by atoms with E-state index in [0.29, 0.717) is 15.9 Å². The molecule has 0 aliphatic carbocycles. The van der Waals surface area contributed by atoms with Gasteiger partial charge in [0.15, 0.2) is 0 Å². The molecule has 0 saturated heterocycles. The smallest absolute Gasteiger partial charge is 0.175 e. The van der Waals surface area contributed by atoms with E-state index in [2.05, 4.69) is 91.8 Å². The van der Waals surface area contributed by atoms with Crippen molar-refractivity contribution in [1.82, 2.24) is 4.57 Å². The Morgan fingerprint density at radius 3 is 1.41 bits per heavy atom. The molecule has 0 amide bonds. The Labute approximate surface area is 225 Å². The number of rotatable bonds is 7. The second kappa shape index (κ2) is 11.1. The first-order valence-electron chi connectivity index (χ1n) is 11.8. The highest BCUT2D eigenvalue weighted by Gasteiger charge is 2.40. The lowest BCUT2D eigenvalue weighted by Crippen LogP contribution is -2.47. The van der Waals surface area contributed by atoms with Crippen molar-refractivity contribution in [3.8, 4) is 11.4 Å². The Balaban J connectivity index is 2.57. The fourth-order valence-corrected chi connectivity index (χ4v) is 6.77. The van der Waals surface area contributed by atoms with Crippen LogP contribution in [0.2, 0.25) is 10.3 Å². The van der Waals surface area contributed by atoms with Crippen LogP contribution in [0.25, 0.3) is 11.4 Å². The molecule has 0 N–H and O–H groups in total. The van der Waals surface area contributed by atoms with Crippen LogP contribution < -0.4 is 10.1 Å². The fourth-order valence-electron chi connectivity index (χ4n) is 4.55. The first-order chi connectivity index (χ1) is 15.9. The summed E-state index contributed by atoms with van der Waals surface area (Å²) in [6.07, 6.45) is 0. The molecule has 0 aliphatic rings. The minimum atomic E-state index is -1.60. The lowest BCUT2D eigenvalue weighted by atomic mass is 9.92. The molecular formula is C27H34Cl4N2P+. The Bertz CT molecular complexity index is 1040. The molecule has 0 atom stereocenters. The largest absolute Gasteiger partial charge is 0.321 e. The number of para-hydroxylation sites is 2. The van der Waals surface area contributed by atoms with Crippen molar-refractivity contribution in [2.45, 2.75) is 79.1 Å². The maximum Gasteiger partial charge on any atom is 0.321 e. The van der Waals surface area contributed by atoms with E-state index in [9.17, 15) is 0 Å². The SMILES string of the molecule is CC(C)c1cccc(C(C)C)c1-n1c(Cl)c(Cl)[n+](-c2c(C(C)C)cccc2C(C)C)c1P(Cl)Cl. The predicted octanol–water partition coefficient (Wildman–Crippen LogP) is 9.97. The zero-order valence-corrected chi connectivity index (χ0v) is 25.0. The van der Waals surface area contributed by atoms with Gasteiger partial charge in [-0.1, -0.05) is 114 Å². The molecule has 0 radical (unpaired) electrons. The molecule has 1 aromatic heterocycles. The van der Waals surface area contributed by atoms with Crippen LogP contribution in [0.3, 0.4) is 0 Å². The van der Waals surface area contributed by atoms with E-state index >= 15 is 0 Å². The van der Waals surface area contributed by atoms with Gasteiger partial charge in [-0.15, -0.1) is 0 Å². The van der Waals surface area contributed by atoms with Crippen LogP contribution >= 0.6 is 52.3 Å². The number of aromatic nitrogens is 2. The summed E-state index contributed by atoms with van der Waals surface area (Å²) in [6.45, 7) is 15.9. The van der Waals surface area contributed by atoms with E-state index in [4.69, 9.17) is 45.7 Å². The van der Waals surface area contributed by atoms with Crippen LogP contribution in [0.4, 0.5) is 0 Å². The maximum atomic E-state index is 7.07. The van der Waals surface area contributed by atoms with Crippen LogP contribution in [0.5, 0.6) is 0 Å². The van der Waals surface area contributed by atoms with Crippen molar-refractivity contribution in [1.29, 1.82) is 0 Å². The van der Waals surface area contributed by atoms with Crippen molar-refractivity contribution < 1.29 is 4.57 Å². The minimum absolute atomic E-state index is 0.276. The maximum absolute atomic E-state index is 7.07. The molecule has 7 heteroatoms. The number of hydrogen-bond donors (Lipinski definition) is 0. The van der Waals surface area contributed by atoms with Gasteiger partial charge in [0.25, 0.3) is 10.3 Å².